The molecule has 1 fully saturated rings. The van der Waals surface area contributed by atoms with E-state index in [4.69, 9.17) is 10.5 Å². The van der Waals surface area contributed by atoms with Crippen LogP contribution in [0, 0.1) is 0 Å². The van der Waals surface area contributed by atoms with Crippen molar-refractivity contribution in [3.63, 3.8) is 0 Å². The molecule has 0 spiro atoms. The summed E-state index contributed by atoms with van der Waals surface area (Å²) in [7, 11) is 1.95. The van der Waals surface area contributed by atoms with Gasteiger partial charge in [-0.1, -0.05) is 0 Å². The zero-order valence-corrected chi connectivity index (χ0v) is 10.4. The number of ether oxygens (including phenoxy) is 1. The fraction of sp³-hybridized carbons (Fsp3) is 0.500. The Morgan fingerprint density at radius 1 is 1.67 bits per heavy atom. The third-order valence-corrected chi connectivity index (χ3v) is 2.91. The van der Waals surface area contributed by atoms with Crippen LogP contribution in [0.15, 0.2) is 18.3 Å². The Kier molecular flexibility index (Phi) is 4.11. The average Bonchev–Trinajstić information content (AvgIpc) is 2.40. The lowest BCUT2D eigenvalue weighted by Gasteiger charge is -2.28. The number of rotatable bonds is 4. The highest BCUT2D eigenvalue weighted by atomic mass is 16.5. The monoisotopic (exact) mass is 250 g/mol. The third-order valence-electron chi connectivity index (χ3n) is 2.91. The van der Waals surface area contributed by atoms with Crippen molar-refractivity contribution in [3.05, 3.63) is 23.9 Å². The van der Waals surface area contributed by atoms with Crippen molar-refractivity contribution in [1.29, 1.82) is 0 Å². The van der Waals surface area contributed by atoms with E-state index in [0.717, 1.165) is 32.1 Å². The number of morpholine rings is 1. The zero-order valence-electron chi connectivity index (χ0n) is 10.4. The van der Waals surface area contributed by atoms with Crippen LogP contribution in [0.5, 0.6) is 0 Å². The van der Waals surface area contributed by atoms with E-state index in [0.29, 0.717) is 5.56 Å². The van der Waals surface area contributed by atoms with Crippen molar-refractivity contribution in [2.45, 2.75) is 6.10 Å². The van der Waals surface area contributed by atoms with E-state index in [1.54, 1.807) is 12.1 Å². The predicted molar refractivity (Wildman–Crippen MR) is 68.6 cm³/mol. The first-order valence-electron chi connectivity index (χ1n) is 5.96. The third kappa shape index (κ3) is 3.18. The van der Waals surface area contributed by atoms with Gasteiger partial charge in [-0.3, -0.25) is 4.79 Å². The normalized spacial score (nSPS) is 19.5. The van der Waals surface area contributed by atoms with Gasteiger partial charge >= 0.3 is 0 Å². The van der Waals surface area contributed by atoms with E-state index in [9.17, 15) is 4.79 Å². The number of carbonyl (C=O) groups excluding carboxylic acids is 1. The molecule has 1 unspecified atom stereocenters. The summed E-state index contributed by atoms with van der Waals surface area (Å²) in [5, 5.41) is 3.28. The average molecular weight is 250 g/mol. The number of aromatic nitrogens is 1. The van der Waals surface area contributed by atoms with Crippen molar-refractivity contribution in [2.24, 2.45) is 5.73 Å². The number of nitrogens with one attached hydrogen (secondary N) is 1. The molecule has 1 aliphatic rings. The minimum absolute atomic E-state index is 0.168. The van der Waals surface area contributed by atoms with Crippen LogP contribution >= 0.6 is 0 Å². The molecule has 18 heavy (non-hydrogen) atoms. The van der Waals surface area contributed by atoms with Gasteiger partial charge in [0.05, 0.1) is 18.3 Å². The van der Waals surface area contributed by atoms with E-state index >= 15 is 0 Å². The molecular formula is C12H18N4O2. The fourth-order valence-electron chi connectivity index (χ4n) is 1.89. The van der Waals surface area contributed by atoms with Gasteiger partial charge < -0.3 is 20.7 Å². The molecule has 98 valence electrons. The van der Waals surface area contributed by atoms with Gasteiger partial charge in [0.1, 0.15) is 5.82 Å². The van der Waals surface area contributed by atoms with Gasteiger partial charge in [0.25, 0.3) is 0 Å². The highest BCUT2D eigenvalue weighted by Crippen LogP contribution is 2.11. The number of pyridine rings is 1. The van der Waals surface area contributed by atoms with Gasteiger partial charge in [0.15, 0.2) is 0 Å². The molecule has 6 nitrogen and oxygen atoms in total. The van der Waals surface area contributed by atoms with E-state index in [1.165, 1.54) is 6.20 Å². The first-order valence-corrected chi connectivity index (χ1v) is 5.96. The van der Waals surface area contributed by atoms with Crippen LogP contribution in [0.4, 0.5) is 5.82 Å². The maximum atomic E-state index is 10.9. The number of hydrogen-bond donors (Lipinski definition) is 2. The molecule has 0 radical (unpaired) electrons. The summed E-state index contributed by atoms with van der Waals surface area (Å²) in [6.07, 6.45) is 1.66. The lowest BCUT2D eigenvalue weighted by atomic mass is 10.2. The zero-order chi connectivity index (χ0) is 13.0. The maximum Gasteiger partial charge on any atom is 0.250 e. The van der Waals surface area contributed by atoms with Gasteiger partial charge in [0, 0.05) is 32.9 Å². The number of likely N-dealkylation sites (N-methyl/N-ethyl adjacent to an activating group) is 1. The Morgan fingerprint density at radius 2 is 2.50 bits per heavy atom. The lowest BCUT2D eigenvalue weighted by Crippen LogP contribution is -2.44. The molecule has 0 saturated carbocycles. The highest BCUT2D eigenvalue weighted by molar-refractivity contribution is 5.92. The minimum atomic E-state index is -0.462. The first-order chi connectivity index (χ1) is 8.66. The minimum Gasteiger partial charge on any atom is -0.374 e. The van der Waals surface area contributed by atoms with Crippen molar-refractivity contribution in [2.75, 3.05) is 38.2 Å². The maximum absolute atomic E-state index is 10.9. The summed E-state index contributed by atoms with van der Waals surface area (Å²) in [5.41, 5.74) is 5.59. The molecule has 1 aliphatic heterocycles. The second-order valence-electron chi connectivity index (χ2n) is 4.35. The summed E-state index contributed by atoms with van der Waals surface area (Å²) in [6.45, 7) is 3.26. The highest BCUT2D eigenvalue weighted by Gasteiger charge is 2.16. The molecule has 6 heteroatoms. The van der Waals surface area contributed by atoms with Gasteiger partial charge in [0.2, 0.25) is 5.91 Å². The lowest BCUT2D eigenvalue weighted by molar-refractivity contribution is 0.0339. The molecule has 2 heterocycles. The van der Waals surface area contributed by atoms with Gasteiger partial charge in [-0.25, -0.2) is 4.98 Å². The van der Waals surface area contributed by atoms with E-state index < -0.39 is 5.91 Å². The molecule has 1 atom stereocenters. The van der Waals surface area contributed by atoms with E-state index in [1.807, 2.05) is 11.9 Å². The second kappa shape index (κ2) is 5.79. The molecule has 1 aromatic heterocycles. The molecule has 0 aliphatic carbocycles. The molecule has 1 aromatic rings. The van der Waals surface area contributed by atoms with Crippen LogP contribution in [0.1, 0.15) is 10.4 Å². The topological polar surface area (TPSA) is 80.5 Å². The molecule has 2 rings (SSSR count). The summed E-state index contributed by atoms with van der Waals surface area (Å²) in [4.78, 5) is 17.2. The van der Waals surface area contributed by atoms with Crippen LogP contribution in [-0.2, 0) is 4.74 Å². The molecule has 3 N–H and O–H groups in total. The van der Waals surface area contributed by atoms with Crippen LogP contribution in [0.2, 0.25) is 0 Å². The number of carbonyl (C=O) groups is 1. The van der Waals surface area contributed by atoms with Crippen molar-refractivity contribution in [3.8, 4) is 0 Å². The number of nitrogens with zero attached hydrogens (tertiary/aromatic N) is 2. The molecule has 0 bridgehead atoms. The van der Waals surface area contributed by atoms with E-state index in [-0.39, 0.29) is 6.10 Å². The standard InChI is InChI=1S/C12H18N4O2/c1-16(8-10-7-14-4-5-18-10)11-3-2-9(6-15-11)12(13)17/h2-3,6,10,14H,4-5,7-8H2,1H3,(H2,13,17). The van der Waals surface area contributed by atoms with Crippen LogP contribution in [0.3, 0.4) is 0 Å². The van der Waals surface area contributed by atoms with Crippen molar-refractivity contribution < 1.29 is 9.53 Å². The first kappa shape index (κ1) is 12.8. The van der Waals surface area contributed by atoms with Gasteiger partial charge in [-0.05, 0) is 12.1 Å². The van der Waals surface area contributed by atoms with Gasteiger partial charge in [-0.2, -0.15) is 0 Å². The van der Waals surface area contributed by atoms with Crippen molar-refractivity contribution >= 4 is 11.7 Å². The van der Waals surface area contributed by atoms with Gasteiger partial charge in [-0.15, -0.1) is 0 Å². The SMILES string of the molecule is CN(CC1CNCCO1)c1ccc(C(N)=O)cn1. The number of hydrogen-bond acceptors (Lipinski definition) is 5. The largest absolute Gasteiger partial charge is 0.374 e. The number of amides is 1. The number of anilines is 1. The summed E-state index contributed by atoms with van der Waals surface area (Å²) >= 11 is 0. The number of nitrogens with two attached hydrogens (primary N) is 1. The molecule has 0 aromatic carbocycles. The van der Waals surface area contributed by atoms with Crippen molar-refractivity contribution in [1.82, 2.24) is 10.3 Å². The summed E-state index contributed by atoms with van der Waals surface area (Å²) in [6, 6.07) is 3.47. The van der Waals surface area contributed by atoms with Crippen LogP contribution in [0.25, 0.3) is 0 Å². The summed E-state index contributed by atoms with van der Waals surface area (Å²) < 4.78 is 5.63. The van der Waals surface area contributed by atoms with Crippen LogP contribution < -0.4 is 16.0 Å². The Labute approximate surface area is 106 Å². The fourth-order valence-corrected chi connectivity index (χ4v) is 1.89. The Hall–Kier alpha value is -1.66. The predicted octanol–water partition coefficient (Wildman–Crippen LogP) is -0.395. The Bertz CT molecular complexity index is 401. The Balaban J connectivity index is 1.95. The summed E-state index contributed by atoms with van der Waals surface area (Å²) in [5.74, 6) is 0.339. The van der Waals surface area contributed by atoms with E-state index in [2.05, 4.69) is 10.3 Å². The smallest absolute Gasteiger partial charge is 0.250 e. The number of primary amides is 1. The molecule has 1 saturated heterocycles. The Morgan fingerprint density at radius 3 is 3.06 bits per heavy atom. The second-order valence-corrected chi connectivity index (χ2v) is 4.35. The quantitative estimate of drug-likeness (QED) is 0.760. The molecular weight excluding hydrogens is 232 g/mol. The molecule has 1 amide bonds. The van der Waals surface area contributed by atoms with Crippen LogP contribution in [-0.4, -0.2) is 50.3 Å².